The summed E-state index contributed by atoms with van der Waals surface area (Å²) in [7, 11) is 0. The van der Waals surface area contributed by atoms with Crippen LogP contribution in [0.1, 0.15) is 95.0 Å². The summed E-state index contributed by atoms with van der Waals surface area (Å²) >= 11 is 0. The number of fused-ring (bicyclic) bond motifs is 20. The number of aryl methyl sites for hydroxylation is 4. The van der Waals surface area contributed by atoms with Crippen LogP contribution in [0.4, 0.5) is 0 Å². The standard InChI is InChI=1S/C60H42N4.C54H44N2/c1-35-37(3)61(43-25-29-55-51(33-43)45-19-11-13-21-53(45)63(55)41-15-7-5-8-16-41)59-47-27-24-40-32-50-36(2)38(4)62(60(50)48-28-23-39(31-49(35)59)57(47)58(40)48)44-26-30-56-52(34-44)46-20-12-14-22-54(46)64(56)42-17-9-6-10-18-42;1-29-31(3)55(35-19-23-39-37-13-9-11-15-45(37)53(5,6)47(39)27-35)51-41-21-18-34-26-44-30(2)32(4)56(52(44)42-22-17-33(25-43(29)51)49(41)50(34)42)36-20-24-40-38-14-10-12-16-46(38)54(7,8)48(40)28-36/h5-34H,1-4H3;9-28H,1-8H3. The van der Waals surface area contributed by atoms with Gasteiger partial charge in [-0.15, -0.1) is 0 Å². The Labute approximate surface area is 695 Å². The molecule has 6 heterocycles. The zero-order valence-electron chi connectivity index (χ0n) is 69.6. The minimum atomic E-state index is -0.0606. The summed E-state index contributed by atoms with van der Waals surface area (Å²) in [5.41, 5.74) is 38.6. The molecule has 18 aromatic carbocycles. The highest BCUT2D eigenvalue weighted by Gasteiger charge is 2.38. The molecule has 0 radical (unpaired) electrons. The summed E-state index contributed by atoms with van der Waals surface area (Å²) in [6.45, 7) is 27.9. The first-order valence-corrected chi connectivity index (χ1v) is 42.6. The van der Waals surface area contributed by atoms with Gasteiger partial charge in [0.1, 0.15) is 0 Å². The summed E-state index contributed by atoms with van der Waals surface area (Å²) < 4.78 is 14.9. The second-order valence-electron chi connectivity index (χ2n) is 35.7. The first-order chi connectivity index (χ1) is 58.4. The van der Waals surface area contributed by atoms with Gasteiger partial charge in [-0.3, -0.25) is 0 Å². The highest BCUT2D eigenvalue weighted by Crippen LogP contribution is 2.54. The normalized spacial score (nSPS) is 13.6. The average molecular weight is 1540 g/mol. The van der Waals surface area contributed by atoms with E-state index < -0.39 is 0 Å². The Morgan fingerprint density at radius 2 is 0.458 bits per heavy atom. The largest absolute Gasteiger partial charge is 0.313 e. The molecule has 120 heavy (non-hydrogen) atoms. The van der Waals surface area contributed by atoms with Crippen molar-refractivity contribution in [2.24, 2.45) is 0 Å². The van der Waals surface area contributed by atoms with E-state index in [-0.39, 0.29) is 10.8 Å². The molecule has 0 spiro atoms. The monoisotopic (exact) mass is 1540 g/mol. The average Bonchev–Trinajstić information content (AvgIpc) is 1.45. The topological polar surface area (TPSA) is 29.6 Å². The predicted molar refractivity (Wildman–Crippen MR) is 509 cm³/mol. The molecular weight excluding hydrogens is 1450 g/mol. The van der Waals surface area contributed by atoms with Crippen LogP contribution in [0.3, 0.4) is 0 Å². The highest BCUT2D eigenvalue weighted by molar-refractivity contribution is 6.35. The van der Waals surface area contributed by atoms with Crippen LogP contribution in [-0.2, 0) is 10.8 Å². The van der Waals surface area contributed by atoms with Gasteiger partial charge in [-0.1, -0.05) is 210 Å². The fourth-order valence-corrected chi connectivity index (χ4v) is 22.9. The minimum absolute atomic E-state index is 0.0606. The maximum Gasteiger partial charge on any atom is 0.0613 e. The molecule has 26 rings (SSSR count). The summed E-state index contributed by atoms with van der Waals surface area (Å²) in [5, 5.41) is 26.1. The van der Waals surface area contributed by atoms with Crippen LogP contribution in [0, 0.1) is 55.4 Å². The lowest BCUT2D eigenvalue weighted by Gasteiger charge is -2.23. The molecule has 6 heteroatoms. The molecule has 0 bridgehead atoms. The first-order valence-electron chi connectivity index (χ1n) is 42.6. The molecule has 0 atom stereocenters. The van der Waals surface area contributed by atoms with Crippen LogP contribution < -0.4 is 0 Å². The van der Waals surface area contributed by atoms with E-state index in [0.717, 1.165) is 0 Å². The molecule has 0 saturated carbocycles. The molecule has 2 aliphatic carbocycles. The van der Waals surface area contributed by atoms with Gasteiger partial charge in [0.2, 0.25) is 0 Å². The number of nitrogens with zero attached hydrogens (tertiary/aromatic N) is 6. The number of rotatable bonds is 6. The zero-order chi connectivity index (χ0) is 80.7. The minimum Gasteiger partial charge on any atom is -0.313 e. The lowest BCUT2D eigenvalue weighted by Crippen LogP contribution is -2.15. The fraction of sp³-hybridized carbons (Fsp3) is 0.123. The van der Waals surface area contributed by atoms with Crippen molar-refractivity contribution in [2.45, 2.75) is 93.9 Å². The quantitative estimate of drug-likeness (QED) is 0.149. The Kier molecular flexibility index (Phi) is 13.9. The Morgan fingerprint density at radius 1 is 0.183 bits per heavy atom. The van der Waals surface area contributed by atoms with Crippen molar-refractivity contribution >= 4 is 152 Å². The zero-order valence-corrected chi connectivity index (χ0v) is 69.6. The molecule has 0 unspecified atom stereocenters. The summed E-state index contributed by atoms with van der Waals surface area (Å²) in [6.07, 6.45) is 0. The maximum atomic E-state index is 2.55. The van der Waals surface area contributed by atoms with Gasteiger partial charge in [0.05, 0.1) is 44.1 Å². The van der Waals surface area contributed by atoms with Gasteiger partial charge >= 0.3 is 0 Å². The van der Waals surface area contributed by atoms with E-state index in [1.807, 2.05) is 0 Å². The van der Waals surface area contributed by atoms with Gasteiger partial charge < -0.3 is 27.4 Å². The van der Waals surface area contributed by atoms with E-state index in [1.54, 1.807) is 0 Å². The van der Waals surface area contributed by atoms with E-state index in [1.165, 1.54) is 276 Å². The second-order valence-corrected chi connectivity index (χ2v) is 35.7. The third-order valence-electron chi connectivity index (χ3n) is 29.2. The molecule has 0 saturated heterocycles. The second kappa shape index (κ2) is 24.2. The predicted octanol–water partition coefficient (Wildman–Crippen LogP) is 30.2. The van der Waals surface area contributed by atoms with Crippen molar-refractivity contribution < 1.29 is 0 Å². The Balaban J connectivity index is 0.000000134. The van der Waals surface area contributed by atoms with Gasteiger partial charge in [-0.05, 0) is 287 Å². The highest BCUT2D eigenvalue weighted by atomic mass is 15.0. The van der Waals surface area contributed by atoms with Crippen LogP contribution in [0.2, 0.25) is 0 Å². The van der Waals surface area contributed by atoms with Crippen molar-refractivity contribution in [2.75, 3.05) is 0 Å². The van der Waals surface area contributed by atoms with Crippen LogP contribution in [0.5, 0.6) is 0 Å². The van der Waals surface area contributed by atoms with E-state index in [4.69, 9.17) is 0 Å². The van der Waals surface area contributed by atoms with Crippen molar-refractivity contribution in [3.05, 3.63) is 371 Å². The lowest BCUT2D eigenvalue weighted by molar-refractivity contribution is 0.659. The Morgan fingerprint density at radius 3 is 0.800 bits per heavy atom. The summed E-state index contributed by atoms with van der Waals surface area (Å²) in [6, 6.07) is 114. The van der Waals surface area contributed by atoms with Gasteiger partial charge in [0, 0.05) is 132 Å². The SMILES string of the molecule is Cc1c(C)n(-c2ccc3c(c2)C(C)(C)c2ccccc2-3)c2c1cc1ccc3c4c(ccc2c14)cc1c(C)c(C)n(-c2ccc4c(c2)C(C)(C)c2ccccc2-4)c13.Cc1c(C)n(-c2ccc3c(c2)c2ccccc2n3-c2ccccc2)c2c1cc1ccc3c4c(ccc2c14)cc1c(C)c(C)n(-c2ccc4c(c2)c2ccccc2n4-c2ccccc2)c13. The third-order valence-corrected chi connectivity index (χ3v) is 29.2. The number of para-hydroxylation sites is 4. The van der Waals surface area contributed by atoms with Crippen molar-refractivity contribution in [1.82, 2.24) is 27.4 Å². The number of hydrogen-bond acceptors (Lipinski definition) is 0. The van der Waals surface area contributed by atoms with Crippen LogP contribution >= 0.6 is 0 Å². The molecular formula is C114H86N6. The molecule has 6 nitrogen and oxygen atoms in total. The number of benzene rings is 18. The first kappa shape index (κ1) is 69.0. The third kappa shape index (κ3) is 8.96. The van der Waals surface area contributed by atoms with E-state index in [0.29, 0.717) is 0 Å². The van der Waals surface area contributed by atoms with Crippen LogP contribution in [0.25, 0.3) is 208 Å². The molecule has 6 aromatic heterocycles. The van der Waals surface area contributed by atoms with Gasteiger partial charge in [0.25, 0.3) is 0 Å². The molecule has 0 fully saturated rings. The molecule has 0 amide bonds. The maximum absolute atomic E-state index is 2.55. The van der Waals surface area contributed by atoms with E-state index in [2.05, 4.69) is 414 Å². The lowest BCUT2D eigenvalue weighted by atomic mass is 9.82. The van der Waals surface area contributed by atoms with Crippen LogP contribution in [-0.4, -0.2) is 27.4 Å². The van der Waals surface area contributed by atoms with Crippen LogP contribution in [0.15, 0.2) is 303 Å². The van der Waals surface area contributed by atoms with Crippen molar-refractivity contribution in [1.29, 1.82) is 0 Å². The number of aromatic nitrogens is 6. The molecule has 24 aromatic rings. The smallest absolute Gasteiger partial charge is 0.0613 e. The van der Waals surface area contributed by atoms with Gasteiger partial charge in [-0.2, -0.15) is 0 Å². The van der Waals surface area contributed by atoms with E-state index in [9.17, 15) is 0 Å². The van der Waals surface area contributed by atoms with E-state index >= 15 is 0 Å². The van der Waals surface area contributed by atoms with Crippen molar-refractivity contribution in [3.8, 4) is 56.4 Å². The summed E-state index contributed by atoms with van der Waals surface area (Å²) in [4.78, 5) is 0. The molecule has 572 valence electrons. The molecule has 0 aliphatic heterocycles. The Hall–Kier alpha value is -14.2. The fourth-order valence-electron chi connectivity index (χ4n) is 22.9. The number of hydrogen-bond donors (Lipinski definition) is 0. The van der Waals surface area contributed by atoms with Crippen molar-refractivity contribution in [3.63, 3.8) is 0 Å². The molecule has 0 N–H and O–H groups in total. The van der Waals surface area contributed by atoms with Gasteiger partial charge in [-0.25, -0.2) is 0 Å². The molecule has 2 aliphatic rings. The van der Waals surface area contributed by atoms with Gasteiger partial charge in [0.15, 0.2) is 0 Å². The Bertz CT molecular complexity index is 8160. The summed E-state index contributed by atoms with van der Waals surface area (Å²) in [5.74, 6) is 0.